The topological polar surface area (TPSA) is 599 Å². The Morgan fingerprint density at radius 1 is 0.413 bits per heavy atom. The van der Waals surface area contributed by atoms with E-state index >= 15 is 0 Å². The van der Waals surface area contributed by atoms with Gasteiger partial charge in [0.15, 0.2) is 29.8 Å². The molecule has 31 heteroatoms. The molecule has 1 aromatic rings. The number of hydrogen-bond acceptors (Lipinski definition) is 14. The van der Waals surface area contributed by atoms with E-state index in [9.17, 15) is 28.8 Å². The average molecular weight is 1060 g/mol. The maximum absolute atomic E-state index is 14.4. The molecule has 0 unspecified atom stereocenters. The van der Waals surface area contributed by atoms with E-state index in [2.05, 4.69) is 56.9 Å². The van der Waals surface area contributed by atoms with Crippen LogP contribution in [0.1, 0.15) is 94.6 Å². The quantitative estimate of drug-likeness (QED) is 0.0166. The highest BCUT2D eigenvalue weighted by Crippen LogP contribution is 2.11. The molecule has 0 bridgehead atoms. The van der Waals surface area contributed by atoms with E-state index in [1.807, 2.05) is 0 Å². The predicted octanol–water partition coefficient (Wildman–Crippen LogP) is -7.26. The van der Waals surface area contributed by atoms with Crippen molar-refractivity contribution in [2.24, 2.45) is 99.5 Å². The summed E-state index contributed by atoms with van der Waals surface area (Å²) in [6, 6.07) is -0.728. The normalized spacial score (nSPS) is 13.0. The summed E-state index contributed by atoms with van der Waals surface area (Å²) in [6.07, 6.45) is 2.26. The number of aliphatic imine (C=N–C) groups is 5. The van der Waals surface area contributed by atoms with Crippen molar-refractivity contribution in [1.82, 2.24) is 31.9 Å². The Kier molecular flexibility index (Phi) is 31.7. The highest BCUT2D eigenvalue weighted by molar-refractivity contribution is 5.97. The maximum atomic E-state index is 14.4. The Labute approximate surface area is 436 Å². The summed E-state index contributed by atoms with van der Waals surface area (Å²) < 4.78 is 0. The van der Waals surface area contributed by atoms with Gasteiger partial charge in [0.05, 0.1) is 6.04 Å². The van der Waals surface area contributed by atoms with Gasteiger partial charge in [0.1, 0.15) is 36.0 Å². The monoisotopic (exact) mass is 1060 g/mol. The average Bonchev–Trinajstić information content (AvgIpc) is 3.34. The molecular formula is C44H83N25O6. The number of nitrogens with zero attached hydrogens (tertiary/aromatic N) is 5. The molecule has 0 fully saturated rings. The molecule has 0 spiro atoms. The second-order valence-corrected chi connectivity index (χ2v) is 17.3. The van der Waals surface area contributed by atoms with Crippen molar-refractivity contribution in [3.05, 3.63) is 35.4 Å². The number of benzene rings is 1. The van der Waals surface area contributed by atoms with E-state index in [1.165, 1.54) is 0 Å². The number of carbonyl (C=O) groups is 6. The first kappa shape index (κ1) is 64.8. The minimum Gasteiger partial charge on any atom is -0.384 e. The lowest BCUT2D eigenvalue weighted by Gasteiger charge is -2.27. The van der Waals surface area contributed by atoms with Gasteiger partial charge in [0.25, 0.3) is 0 Å². The fourth-order valence-corrected chi connectivity index (χ4v) is 6.98. The third-order valence-electron chi connectivity index (χ3n) is 10.9. The molecule has 0 radical (unpaired) electrons. The lowest BCUT2D eigenvalue weighted by atomic mass is 10.0. The first-order chi connectivity index (χ1) is 35.5. The minimum atomic E-state index is -1.35. The third kappa shape index (κ3) is 29.8. The first-order valence-corrected chi connectivity index (χ1v) is 24.5. The van der Waals surface area contributed by atoms with Gasteiger partial charge in [-0.25, -0.2) is 0 Å². The van der Waals surface area contributed by atoms with Crippen molar-refractivity contribution in [2.45, 2.75) is 126 Å². The van der Waals surface area contributed by atoms with E-state index in [-0.39, 0.29) is 146 Å². The minimum absolute atomic E-state index is 0.00956. The summed E-state index contributed by atoms with van der Waals surface area (Å²) in [5.41, 5.74) is 73.6. The number of carbonyl (C=O) groups excluding carboxylic acids is 6. The lowest BCUT2D eigenvalue weighted by molar-refractivity contribution is -0.135. The highest BCUT2D eigenvalue weighted by Gasteiger charge is 2.33. The molecule has 31 nitrogen and oxygen atoms in total. The molecule has 6 amide bonds. The highest BCUT2D eigenvalue weighted by atomic mass is 16.2. The van der Waals surface area contributed by atoms with Crippen LogP contribution in [0.5, 0.6) is 0 Å². The fourth-order valence-electron chi connectivity index (χ4n) is 6.98. The van der Waals surface area contributed by atoms with Gasteiger partial charge < -0.3 is 106 Å². The van der Waals surface area contributed by atoms with Crippen molar-refractivity contribution in [2.75, 3.05) is 39.3 Å². The van der Waals surface area contributed by atoms with Gasteiger partial charge in [-0.2, -0.15) is 0 Å². The molecule has 0 aliphatic heterocycles. The van der Waals surface area contributed by atoms with Crippen LogP contribution in [0.4, 0.5) is 0 Å². The van der Waals surface area contributed by atoms with E-state index in [1.54, 1.807) is 24.3 Å². The zero-order chi connectivity index (χ0) is 56.3. The zero-order valence-electron chi connectivity index (χ0n) is 42.6. The molecule has 6 atom stereocenters. The summed E-state index contributed by atoms with van der Waals surface area (Å²) in [5, 5.41) is 24.0. The van der Waals surface area contributed by atoms with Crippen LogP contribution in [0.25, 0.3) is 0 Å². The predicted molar refractivity (Wildman–Crippen MR) is 289 cm³/mol. The zero-order valence-corrected chi connectivity index (χ0v) is 42.6. The van der Waals surface area contributed by atoms with Crippen molar-refractivity contribution < 1.29 is 28.8 Å². The van der Waals surface area contributed by atoms with Gasteiger partial charge in [0, 0.05) is 44.8 Å². The molecule has 33 N–H and O–H groups in total. The molecule has 0 aliphatic rings. The Hall–Kier alpha value is -8.22. The molecular weight excluding hydrogens is 975 g/mol. The second-order valence-electron chi connectivity index (χ2n) is 17.3. The van der Waals surface area contributed by atoms with Crippen LogP contribution in [0.3, 0.4) is 0 Å². The van der Waals surface area contributed by atoms with Crippen LogP contribution >= 0.6 is 0 Å². The summed E-state index contributed by atoms with van der Waals surface area (Å²) in [7, 11) is 0. The molecule has 420 valence electrons. The molecule has 0 aromatic heterocycles. The lowest BCUT2D eigenvalue weighted by Crippen LogP contribution is -2.59. The summed E-state index contributed by atoms with van der Waals surface area (Å²) in [5.74, 6) is -5.36. The van der Waals surface area contributed by atoms with Crippen molar-refractivity contribution >= 4 is 71.1 Å². The van der Waals surface area contributed by atoms with E-state index < -0.39 is 71.7 Å². The standard InChI is InChI=1S/C44H83N25O6/c45-18-2-1-9-29(36(72)66-28(10-4-20-60-41(51)52)35(71)64-24-25-14-16-26(17-15-25)33(47)48)67-38(74)31(12-6-22-62-43(55)56)69-39(75)32(13-7-23-63-44(57)58)68-37(73)30(11-5-21-61-42(53)54)65-34(70)27(46)8-3-19-59-40(49)50/h14-17,27-32H,1-13,18-24,45-46H2,(H3,47,48)(H,64,71)(H,65,70)(H,66,72)(H,67,74)(H,68,73)(H,69,75)(H4,49,50,59)(H4,51,52,60)(H4,53,54,61)(H4,55,56,62)(H4,57,58,63)/t27-,28-,29-,30-,31-,32-/m0/s1. The van der Waals surface area contributed by atoms with E-state index in [0.29, 0.717) is 30.4 Å². The Morgan fingerprint density at radius 3 is 1.01 bits per heavy atom. The number of nitrogens with one attached hydrogen (secondary N) is 7. The van der Waals surface area contributed by atoms with Crippen LogP contribution in [-0.2, 0) is 35.3 Å². The summed E-state index contributed by atoms with van der Waals surface area (Å²) in [4.78, 5) is 104. The van der Waals surface area contributed by atoms with E-state index in [0.717, 1.165) is 0 Å². The number of nitrogens with two attached hydrogens (primary N) is 13. The molecule has 0 saturated carbocycles. The molecule has 0 heterocycles. The number of hydrogen-bond donors (Lipinski definition) is 20. The van der Waals surface area contributed by atoms with Crippen molar-refractivity contribution in [3.63, 3.8) is 0 Å². The molecule has 75 heavy (non-hydrogen) atoms. The number of unbranched alkanes of at least 4 members (excludes halogenated alkanes) is 1. The summed E-state index contributed by atoms with van der Waals surface area (Å²) in [6.45, 7) is 0.907. The van der Waals surface area contributed by atoms with Gasteiger partial charge in [-0.3, -0.25) is 59.1 Å². The first-order valence-electron chi connectivity index (χ1n) is 24.5. The van der Waals surface area contributed by atoms with Gasteiger partial charge in [-0.15, -0.1) is 0 Å². The van der Waals surface area contributed by atoms with Gasteiger partial charge >= 0.3 is 0 Å². The Morgan fingerprint density at radius 2 is 0.707 bits per heavy atom. The van der Waals surface area contributed by atoms with Crippen LogP contribution in [-0.4, -0.2) is 147 Å². The van der Waals surface area contributed by atoms with Gasteiger partial charge in [-0.05, 0) is 95.6 Å². The molecule has 0 saturated heterocycles. The van der Waals surface area contributed by atoms with Crippen LogP contribution in [0.2, 0.25) is 0 Å². The fraction of sp³-hybridized carbons (Fsp3) is 0.591. The number of nitrogen functional groups attached to an aromatic ring is 1. The van der Waals surface area contributed by atoms with Gasteiger partial charge in [-0.1, -0.05) is 24.3 Å². The third-order valence-corrected chi connectivity index (χ3v) is 10.9. The smallest absolute Gasteiger partial charge is 0.243 e. The number of guanidine groups is 5. The molecule has 1 rings (SSSR count). The van der Waals surface area contributed by atoms with Crippen molar-refractivity contribution in [3.8, 4) is 0 Å². The summed E-state index contributed by atoms with van der Waals surface area (Å²) >= 11 is 0. The Balaban J connectivity index is 3.58. The van der Waals surface area contributed by atoms with Crippen molar-refractivity contribution in [1.29, 1.82) is 5.41 Å². The van der Waals surface area contributed by atoms with Crippen LogP contribution in [0, 0.1) is 5.41 Å². The van der Waals surface area contributed by atoms with Crippen LogP contribution in [0.15, 0.2) is 49.2 Å². The molecule has 1 aromatic carbocycles. The number of amides is 6. The van der Waals surface area contributed by atoms with Gasteiger partial charge in [0.2, 0.25) is 35.4 Å². The SMILES string of the molecule is N=C(N)c1ccc(CNC(=O)[C@H](CCCN=C(N)N)NC(=O)[C@H](CCCCN)NC(=O)[C@H](CCCN=C(N)N)NC(=O)[C@H](CCCN=C(N)N)NC(=O)[C@H](CCCN=C(N)N)NC(=O)[C@@H](N)CCCN=C(N)N)cc1. The van der Waals surface area contributed by atoms with Crippen LogP contribution < -0.4 is 106 Å². The van der Waals surface area contributed by atoms with E-state index in [4.69, 9.17) is 79.9 Å². The second kappa shape index (κ2) is 36.7. The largest absolute Gasteiger partial charge is 0.384 e. The molecule has 0 aliphatic carbocycles. The maximum Gasteiger partial charge on any atom is 0.243 e. The number of amidine groups is 1. The number of rotatable bonds is 38. The Bertz CT molecular complexity index is 2110.